The summed E-state index contributed by atoms with van der Waals surface area (Å²) in [7, 11) is 0. The van der Waals surface area contributed by atoms with Crippen molar-refractivity contribution in [1.82, 2.24) is 25.1 Å². The van der Waals surface area contributed by atoms with Gasteiger partial charge >= 0.3 is 0 Å². The van der Waals surface area contributed by atoms with Crippen LogP contribution in [-0.4, -0.2) is 43.6 Å². The maximum atomic E-state index is 13.1. The number of H-pyrrole nitrogens is 1. The predicted octanol–water partition coefficient (Wildman–Crippen LogP) is 2.54. The summed E-state index contributed by atoms with van der Waals surface area (Å²) in [6.45, 7) is 9.39. The Balaban J connectivity index is 1.57. The molecule has 0 bridgehead atoms. The van der Waals surface area contributed by atoms with Gasteiger partial charge in [0.05, 0.1) is 23.6 Å². The summed E-state index contributed by atoms with van der Waals surface area (Å²) in [6.07, 6.45) is 3.36. The summed E-state index contributed by atoms with van der Waals surface area (Å²) < 4.78 is 5.82. The molecule has 2 aliphatic heterocycles. The zero-order valence-corrected chi connectivity index (χ0v) is 15.7. The van der Waals surface area contributed by atoms with Crippen LogP contribution in [0.4, 0.5) is 0 Å². The van der Waals surface area contributed by atoms with E-state index in [9.17, 15) is 4.79 Å². The summed E-state index contributed by atoms with van der Waals surface area (Å²) in [5.74, 6) is 1.15. The smallest absolute Gasteiger partial charge is 0.274 e. The van der Waals surface area contributed by atoms with Gasteiger partial charge in [0, 0.05) is 49.2 Å². The largest absolute Gasteiger partial charge is 0.369 e. The van der Waals surface area contributed by atoms with E-state index in [2.05, 4.69) is 34.0 Å². The molecule has 7 heteroatoms. The highest BCUT2D eigenvalue weighted by Crippen LogP contribution is 2.31. The van der Waals surface area contributed by atoms with Crippen molar-refractivity contribution < 1.29 is 9.53 Å². The number of nitrogens with one attached hydrogen (secondary N) is 1. The van der Waals surface area contributed by atoms with Crippen LogP contribution in [0.1, 0.15) is 78.5 Å². The minimum absolute atomic E-state index is 0.0256. The molecule has 0 saturated heterocycles. The topological polar surface area (TPSA) is 84.0 Å². The van der Waals surface area contributed by atoms with Gasteiger partial charge in [-0.15, -0.1) is 0 Å². The van der Waals surface area contributed by atoms with Crippen LogP contribution in [0.5, 0.6) is 0 Å². The average Bonchev–Trinajstić information content (AvgIpc) is 3.04. The lowest BCUT2D eigenvalue weighted by Crippen LogP contribution is -2.37. The molecular weight excluding hydrogens is 330 g/mol. The molecular formula is C19H25N5O2. The third-order valence-corrected chi connectivity index (χ3v) is 5.19. The van der Waals surface area contributed by atoms with E-state index in [-0.39, 0.29) is 18.1 Å². The van der Waals surface area contributed by atoms with Crippen LogP contribution in [0.25, 0.3) is 0 Å². The number of aromatic amines is 1. The first-order valence-electron chi connectivity index (χ1n) is 9.30. The third-order valence-electron chi connectivity index (χ3n) is 5.19. The number of aromatic nitrogens is 4. The first-order chi connectivity index (χ1) is 12.4. The molecule has 1 amide bonds. The van der Waals surface area contributed by atoms with Crippen molar-refractivity contribution in [1.29, 1.82) is 0 Å². The SMILES string of the molecule is CC(C)c1ncc2c(n1)CCN(C(=O)c1n[nH]c3c1C[C@H](C)O[C@@H]3C)C2. The molecule has 2 aliphatic rings. The Kier molecular flexibility index (Phi) is 4.26. The molecule has 0 spiro atoms. The number of carbonyl (C=O) groups excluding carboxylic acids is 1. The van der Waals surface area contributed by atoms with Crippen LogP contribution in [0, 0.1) is 0 Å². The molecule has 4 heterocycles. The highest BCUT2D eigenvalue weighted by molar-refractivity contribution is 5.94. The lowest BCUT2D eigenvalue weighted by molar-refractivity contribution is -0.00702. The standard InChI is InChI=1S/C19H25N5O2/c1-10(2)18-20-8-13-9-24(6-5-15(13)21-18)19(25)17-14-7-11(3)26-12(4)16(14)22-23-17/h8,10-12H,5-7,9H2,1-4H3,(H,22,23)/t11-,12+/m0/s1. The number of nitrogens with zero attached hydrogens (tertiary/aromatic N) is 4. The van der Waals surface area contributed by atoms with Crippen LogP contribution >= 0.6 is 0 Å². The number of hydrogen-bond acceptors (Lipinski definition) is 5. The molecule has 4 rings (SSSR count). The number of hydrogen-bond donors (Lipinski definition) is 1. The van der Waals surface area contributed by atoms with E-state index in [1.165, 1.54) is 0 Å². The molecule has 1 N–H and O–H groups in total. The summed E-state index contributed by atoms with van der Waals surface area (Å²) in [5, 5.41) is 7.33. The van der Waals surface area contributed by atoms with E-state index in [4.69, 9.17) is 4.74 Å². The molecule has 7 nitrogen and oxygen atoms in total. The molecule has 0 aromatic carbocycles. The van der Waals surface area contributed by atoms with E-state index < -0.39 is 0 Å². The number of fused-ring (bicyclic) bond motifs is 2. The fourth-order valence-corrected chi connectivity index (χ4v) is 3.78. The monoisotopic (exact) mass is 355 g/mol. The van der Waals surface area contributed by atoms with Crippen molar-refractivity contribution in [3.05, 3.63) is 40.2 Å². The highest BCUT2D eigenvalue weighted by atomic mass is 16.5. The third kappa shape index (κ3) is 2.90. The number of ether oxygens (including phenoxy) is 1. The normalized spacial score (nSPS) is 22.3. The first-order valence-corrected chi connectivity index (χ1v) is 9.30. The van der Waals surface area contributed by atoms with Crippen molar-refractivity contribution in [2.24, 2.45) is 0 Å². The van der Waals surface area contributed by atoms with Gasteiger partial charge in [-0.2, -0.15) is 5.10 Å². The molecule has 0 radical (unpaired) electrons. The summed E-state index contributed by atoms with van der Waals surface area (Å²) in [6, 6.07) is 0. The molecule has 2 atom stereocenters. The second-order valence-corrected chi connectivity index (χ2v) is 7.59. The quantitative estimate of drug-likeness (QED) is 0.895. The van der Waals surface area contributed by atoms with Crippen molar-refractivity contribution in [2.75, 3.05) is 6.54 Å². The van der Waals surface area contributed by atoms with E-state index in [1.54, 1.807) is 0 Å². The Morgan fingerprint density at radius 3 is 2.96 bits per heavy atom. The first kappa shape index (κ1) is 17.1. The molecule has 2 aromatic heterocycles. The van der Waals surface area contributed by atoms with Gasteiger partial charge in [-0.1, -0.05) is 13.8 Å². The maximum absolute atomic E-state index is 13.1. The Hall–Kier alpha value is -2.28. The van der Waals surface area contributed by atoms with E-state index in [0.717, 1.165) is 34.8 Å². The molecule has 0 unspecified atom stereocenters. The zero-order chi connectivity index (χ0) is 18.4. The van der Waals surface area contributed by atoms with Crippen LogP contribution in [0.2, 0.25) is 0 Å². The van der Waals surface area contributed by atoms with Crippen LogP contribution in [-0.2, 0) is 24.1 Å². The summed E-state index contributed by atoms with van der Waals surface area (Å²) in [4.78, 5) is 24.1. The summed E-state index contributed by atoms with van der Waals surface area (Å²) >= 11 is 0. The Morgan fingerprint density at radius 2 is 2.19 bits per heavy atom. The molecule has 138 valence electrons. The van der Waals surface area contributed by atoms with Gasteiger partial charge < -0.3 is 9.64 Å². The fraction of sp³-hybridized carbons (Fsp3) is 0.579. The van der Waals surface area contributed by atoms with Gasteiger partial charge in [0.15, 0.2) is 5.69 Å². The van der Waals surface area contributed by atoms with Gasteiger partial charge in [0.1, 0.15) is 5.82 Å². The molecule has 26 heavy (non-hydrogen) atoms. The minimum atomic E-state index is -0.0623. The van der Waals surface area contributed by atoms with Gasteiger partial charge in [-0.25, -0.2) is 9.97 Å². The van der Waals surface area contributed by atoms with Crippen molar-refractivity contribution in [3.8, 4) is 0 Å². The lowest BCUT2D eigenvalue weighted by atomic mass is 9.98. The maximum Gasteiger partial charge on any atom is 0.274 e. The number of amides is 1. The van der Waals surface area contributed by atoms with Crippen molar-refractivity contribution >= 4 is 5.91 Å². The van der Waals surface area contributed by atoms with Gasteiger partial charge in [0.2, 0.25) is 0 Å². The number of rotatable bonds is 2. The Labute approximate surface area is 153 Å². The van der Waals surface area contributed by atoms with E-state index >= 15 is 0 Å². The highest BCUT2D eigenvalue weighted by Gasteiger charge is 2.32. The van der Waals surface area contributed by atoms with Crippen LogP contribution < -0.4 is 0 Å². The predicted molar refractivity (Wildman–Crippen MR) is 95.8 cm³/mol. The van der Waals surface area contributed by atoms with Gasteiger partial charge in [-0.05, 0) is 13.8 Å². The Bertz CT molecular complexity index is 844. The van der Waals surface area contributed by atoms with Crippen LogP contribution in [0.3, 0.4) is 0 Å². The molecule has 0 fully saturated rings. The second kappa shape index (κ2) is 6.46. The van der Waals surface area contributed by atoms with Crippen molar-refractivity contribution in [3.63, 3.8) is 0 Å². The molecule has 0 saturated carbocycles. The number of carbonyl (C=O) groups is 1. The average molecular weight is 355 g/mol. The molecule has 2 aromatic rings. The zero-order valence-electron chi connectivity index (χ0n) is 15.7. The lowest BCUT2D eigenvalue weighted by Gasteiger charge is -2.29. The second-order valence-electron chi connectivity index (χ2n) is 7.59. The van der Waals surface area contributed by atoms with Crippen molar-refractivity contribution in [2.45, 2.75) is 65.2 Å². The van der Waals surface area contributed by atoms with E-state index in [1.807, 2.05) is 24.9 Å². The minimum Gasteiger partial charge on any atom is -0.369 e. The van der Waals surface area contributed by atoms with Crippen LogP contribution in [0.15, 0.2) is 6.20 Å². The van der Waals surface area contributed by atoms with Gasteiger partial charge in [0.25, 0.3) is 5.91 Å². The molecule has 0 aliphatic carbocycles. The summed E-state index contributed by atoms with van der Waals surface area (Å²) in [5.41, 5.74) is 4.55. The Morgan fingerprint density at radius 1 is 1.38 bits per heavy atom. The van der Waals surface area contributed by atoms with E-state index in [0.29, 0.717) is 31.1 Å². The fourth-order valence-electron chi connectivity index (χ4n) is 3.78. The van der Waals surface area contributed by atoms with Gasteiger partial charge in [-0.3, -0.25) is 9.89 Å².